The van der Waals surface area contributed by atoms with E-state index in [1.54, 1.807) is 0 Å². The van der Waals surface area contributed by atoms with Crippen LogP contribution in [0.2, 0.25) is 0 Å². The van der Waals surface area contributed by atoms with E-state index in [2.05, 4.69) is 18.7 Å². The number of hydrogen-bond donors (Lipinski definition) is 1. The van der Waals surface area contributed by atoms with Gasteiger partial charge in [0.1, 0.15) is 0 Å². The van der Waals surface area contributed by atoms with Gasteiger partial charge in [-0.05, 0) is 75.9 Å². The molecule has 0 radical (unpaired) electrons. The summed E-state index contributed by atoms with van der Waals surface area (Å²) in [7, 11) is 0. The van der Waals surface area contributed by atoms with Crippen molar-refractivity contribution in [1.82, 2.24) is 4.90 Å². The van der Waals surface area contributed by atoms with Gasteiger partial charge in [0, 0.05) is 6.04 Å². The third kappa shape index (κ3) is 3.69. The molecule has 1 saturated carbocycles. The molecule has 0 aromatic rings. The first-order valence-corrected chi connectivity index (χ1v) is 7.55. The highest BCUT2D eigenvalue weighted by atomic mass is 15.2. The third-order valence-corrected chi connectivity index (χ3v) is 5.05. The predicted octanol–water partition coefficient (Wildman–Crippen LogP) is 3.02. The summed E-state index contributed by atoms with van der Waals surface area (Å²) in [6, 6.07) is 0.891. The second-order valence-electron chi connectivity index (χ2n) is 6.95. The molecular weight excluding hydrogens is 208 g/mol. The quantitative estimate of drug-likeness (QED) is 0.819. The molecule has 17 heavy (non-hydrogen) atoms. The highest BCUT2D eigenvalue weighted by Gasteiger charge is 2.31. The first-order valence-electron chi connectivity index (χ1n) is 7.55. The van der Waals surface area contributed by atoms with E-state index in [1.807, 2.05) is 0 Å². The van der Waals surface area contributed by atoms with Crippen LogP contribution in [0.3, 0.4) is 0 Å². The van der Waals surface area contributed by atoms with E-state index in [4.69, 9.17) is 5.73 Å². The molecule has 2 N–H and O–H groups in total. The number of rotatable bonds is 3. The molecule has 2 nitrogen and oxygen atoms in total. The largest absolute Gasteiger partial charge is 0.330 e. The molecule has 2 rings (SSSR count). The number of nitrogens with zero attached hydrogens (tertiary/aromatic N) is 1. The topological polar surface area (TPSA) is 29.3 Å². The van der Waals surface area contributed by atoms with Crippen molar-refractivity contribution < 1.29 is 0 Å². The highest BCUT2D eigenvalue weighted by molar-refractivity contribution is 4.86. The van der Waals surface area contributed by atoms with Crippen molar-refractivity contribution in [3.8, 4) is 0 Å². The fourth-order valence-electron chi connectivity index (χ4n) is 3.59. The van der Waals surface area contributed by atoms with Gasteiger partial charge in [0.15, 0.2) is 0 Å². The Labute approximate surface area is 107 Å². The van der Waals surface area contributed by atoms with E-state index in [9.17, 15) is 0 Å². The molecule has 0 unspecified atom stereocenters. The maximum Gasteiger partial charge on any atom is 0.00956 e. The second-order valence-corrected chi connectivity index (χ2v) is 6.95. The zero-order valence-corrected chi connectivity index (χ0v) is 11.8. The van der Waals surface area contributed by atoms with Crippen molar-refractivity contribution in [2.24, 2.45) is 17.1 Å². The van der Waals surface area contributed by atoms with E-state index in [0.717, 1.165) is 18.5 Å². The molecule has 1 aliphatic heterocycles. The molecular formula is C15H30N2. The smallest absolute Gasteiger partial charge is 0.00956 e. The Balaban J connectivity index is 1.74. The molecule has 1 saturated heterocycles. The highest BCUT2D eigenvalue weighted by Crippen LogP contribution is 2.37. The average Bonchev–Trinajstić information content (AvgIpc) is 2.31. The van der Waals surface area contributed by atoms with Gasteiger partial charge in [-0.15, -0.1) is 0 Å². The first-order chi connectivity index (χ1) is 8.11. The van der Waals surface area contributed by atoms with Crippen molar-refractivity contribution >= 4 is 0 Å². The molecule has 2 fully saturated rings. The van der Waals surface area contributed by atoms with Gasteiger partial charge in [-0.3, -0.25) is 0 Å². The molecule has 0 bridgehead atoms. The van der Waals surface area contributed by atoms with Crippen LogP contribution in [0.1, 0.15) is 58.8 Å². The van der Waals surface area contributed by atoms with Gasteiger partial charge in [0.05, 0.1) is 0 Å². The Kier molecular flexibility index (Phi) is 4.48. The van der Waals surface area contributed by atoms with Gasteiger partial charge in [0.25, 0.3) is 0 Å². The lowest BCUT2D eigenvalue weighted by atomic mass is 9.75. The maximum absolute atomic E-state index is 5.65. The summed E-state index contributed by atoms with van der Waals surface area (Å²) < 4.78 is 0. The molecule has 100 valence electrons. The van der Waals surface area contributed by atoms with Gasteiger partial charge >= 0.3 is 0 Å². The van der Waals surface area contributed by atoms with Gasteiger partial charge in [0.2, 0.25) is 0 Å². The van der Waals surface area contributed by atoms with Gasteiger partial charge < -0.3 is 10.6 Å². The van der Waals surface area contributed by atoms with Crippen LogP contribution in [0.25, 0.3) is 0 Å². The summed E-state index contributed by atoms with van der Waals surface area (Å²) in [6.45, 7) is 8.39. The lowest BCUT2D eigenvalue weighted by molar-refractivity contribution is 0.0747. The normalized spacial score (nSPS) is 28.4. The second kappa shape index (κ2) is 5.71. The van der Waals surface area contributed by atoms with Crippen LogP contribution in [0.4, 0.5) is 0 Å². The SMILES string of the molecule is CC1(C)CCC(N2CCC(CCN)CC2)CC1. The van der Waals surface area contributed by atoms with Crippen molar-refractivity contribution in [1.29, 1.82) is 0 Å². The summed E-state index contributed by atoms with van der Waals surface area (Å²) in [5, 5.41) is 0. The number of nitrogens with two attached hydrogens (primary N) is 1. The van der Waals surface area contributed by atoms with Crippen LogP contribution >= 0.6 is 0 Å². The minimum Gasteiger partial charge on any atom is -0.330 e. The molecule has 2 heteroatoms. The minimum absolute atomic E-state index is 0.606. The summed E-state index contributed by atoms with van der Waals surface area (Å²) in [6.07, 6.45) is 9.70. The molecule has 0 aromatic heterocycles. The Morgan fingerprint density at radius 3 is 2.18 bits per heavy atom. The average molecular weight is 238 g/mol. The van der Waals surface area contributed by atoms with Crippen molar-refractivity contribution in [3.63, 3.8) is 0 Å². The fraction of sp³-hybridized carbons (Fsp3) is 1.00. The van der Waals surface area contributed by atoms with E-state index in [0.29, 0.717) is 5.41 Å². The molecule has 1 heterocycles. The zero-order chi connectivity index (χ0) is 12.3. The standard InChI is InChI=1S/C15H30N2/c1-15(2)8-3-14(4-9-15)17-11-6-13(5-10-16)7-12-17/h13-14H,3-12,16H2,1-2H3. The number of hydrogen-bond acceptors (Lipinski definition) is 2. The summed E-state index contributed by atoms with van der Waals surface area (Å²) >= 11 is 0. The maximum atomic E-state index is 5.65. The number of piperidine rings is 1. The van der Waals surface area contributed by atoms with Crippen LogP contribution in [-0.4, -0.2) is 30.6 Å². The summed E-state index contributed by atoms with van der Waals surface area (Å²) in [5.41, 5.74) is 6.26. The molecule has 0 aromatic carbocycles. The lowest BCUT2D eigenvalue weighted by Crippen LogP contribution is -2.44. The van der Waals surface area contributed by atoms with Crippen LogP contribution in [0.5, 0.6) is 0 Å². The lowest BCUT2D eigenvalue weighted by Gasteiger charge is -2.43. The Morgan fingerprint density at radius 2 is 1.65 bits per heavy atom. The zero-order valence-electron chi connectivity index (χ0n) is 11.8. The molecule has 0 atom stereocenters. The Hall–Kier alpha value is -0.0800. The molecule has 1 aliphatic carbocycles. The van der Waals surface area contributed by atoms with Crippen LogP contribution < -0.4 is 5.73 Å². The molecule has 2 aliphatic rings. The summed E-state index contributed by atoms with van der Waals surface area (Å²) in [4.78, 5) is 2.77. The van der Waals surface area contributed by atoms with Crippen LogP contribution in [0.15, 0.2) is 0 Å². The van der Waals surface area contributed by atoms with E-state index >= 15 is 0 Å². The fourth-order valence-corrected chi connectivity index (χ4v) is 3.59. The first kappa shape index (κ1) is 13.4. The third-order valence-electron chi connectivity index (χ3n) is 5.05. The Bertz CT molecular complexity index is 219. The van der Waals surface area contributed by atoms with Gasteiger partial charge in [-0.25, -0.2) is 0 Å². The van der Waals surface area contributed by atoms with E-state index in [-0.39, 0.29) is 0 Å². The molecule has 0 amide bonds. The van der Waals surface area contributed by atoms with Gasteiger partial charge in [-0.1, -0.05) is 13.8 Å². The monoisotopic (exact) mass is 238 g/mol. The van der Waals surface area contributed by atoms with Crippen molar-refractivity contribution in [3.05, 3.63) is 0 Å². The van der Waals surface area contributed by atoms with Crippen molar-refractivity contribution in [2.75, 3.05) is 19.6 Å². The van der Waals surface area contributed by atoms with Gasteiger partial charge in [-0.2, -0.15) is 0 Å². The van der Waals surface area contributed by atoms with Crippen LogP contribution in [-0.2, 0) is 0 Å². The summed E-state index contributed by atoms with van der Waals surface area (Å²) in [5.74, 6) is 0.913. The van der Waals surface area contributed by atoms with Crippen LogP contribution in [0, 0.1) is 11.3 Å². The molecule has 0 spiro atoms. The predicted molar refractivity (Wildman–Crippen MR) is 74.0 cm³/mol. The number of likely N-dealkylation sites (tertiary alicyclic amines) is 1. The van der Waals surface area contributed by atoms with E-state index in [1.165, 1.54) is 58.0 Å². The Morgan fingerprint density at radius 1 is 1.06 bits per heavy atom. The minimum atomic E-state index is 0.606. The van der Waals surface area contributed by atoms with E-state index < -0.39 is 0 Å². The van der Waals surface area contributed by atoms with Crippen molar-refractivity contribution in [2.45, 2.75) is 64.8 Å².